The Balaban J connectivity index is 1.49. The van der Waals surface area contributed by atoms with Crippen LogP contribution in [0.1, 0.15) is 109 Å². The maximum Gasteiger partial charge on any atom is 0.333 e. The van der Waals surface area contributed by atoms with Crippen LogP contribution in [0.4, 0.5) is 0 Å². The van der Waals surface area contributed by atoms with Gasteiger partial charge in [-0.2, -0.15) is 0 Å². The summed E-state index contributed by atoms with van der Waals surface area (Å²) in [5.41, 5.74) is 1.08. The first-order chi connectivity index (χ1) is 18.1. The number of hydrogen-bond acceptors (Lipinski definition) is 4. The standard InChI is InChI=1S/C32H47NO4/c1-3-4-5-6-7-8-9-10-11-12-13-14-18-21-31(34)33-27(2)32(35)37-30-24-22-29(23-25-30)36-26-28-19-16-15-17-20-28/h15-17,19-20,22-25,27H,3-14,18,21,26H2,1-2H3,(H,33,34)/t27-/m0/s1. The molecule has 5 heteroatoms. The number of benzene rings is 2. The van der Waals surface area contributed by atoms with E-state index in [-0.39, 0.29) is 5.91 Å². The molecule has 0 fully saturated rings. The van der Waals surface area contributed by atoms with E-state index in [2.05, 4.69) is 12.2 Å². The van der Waals surface area contributed by atoms with Crippen molar-refractivity contribution in [2.24, 2.45) is 0 Å². The average molecular weight is 510 g/mol. The Kier molecular flexibility index (Phi) is 15.9. The van der Waals surface area contributed by atoms with Gasteiger partial charge in [0.1, 0.15) is 24.1 Å². The first-order valence-corrected chi connectivity index (χ1v) is 14.4. The second kappa shape index (κ2) is 19.3. The second-order valence-electron chi connectivity index (χ2n) is 9.95. The van der Waals surface area contributed by atoms with Crippen LogP contribution in [0.5, 0.6) is 11.5 Å². The maximum atomic E-state index is 12.4. The Morgan fingerprint density at radius 1 is 0.703 bits per heavy atom. The molecule has 37 heavy (non-hydrogen) atoms. The summed E-state index contributed by atoms with van der Waals surface area (Å²) in [7, 11) is 0. The van der Waals surface area contributed by atoms with Crippen LogP contribution in [0.25, 0.3) is 0 Å². The van der Waals surface area contributed by atoms with Crippen molar-refractivity contribution in [2.75, 3.05) is 0 Å². The molecule has 1 amide bonds. The fourth-order valence-corrected chi connectivity index (χ4v) is 4.23. The Labute approximate surface area is 224 Å². The van der Waals surface area contributed by atoms with E-state index < -0.39 is 12.0 Å². The first kappa shape index (κ1) is 30.4. The summed E-state index contributed by atoms with van der Waals surface area (Å²) in [6.45, 7) is 4.39. The minimum atomic E-state index is -0.691. The van der Waals surface area contributed by atoms with Gasteiger partial charge in [0.2, 0.25) is 5.91 Å². The van der Waals surface area contributed by atoms with Gasteiger partial charge in [-0.05, 0) is 43.2 Å². The number of rotatable bonds is 20. The van der Waals surface area contributed by atoms with Crippen molar-refractivity contribution in [3.8, 4) is 11.5 Å². The zero-order valence-electron chi connectivity index (χ0n) is 23.0. The number of nitrogens with one attached hydrogen (secondary N) is 1. The zero-order valence-corrected chi connectivity index (χ0v) is 23.0. The van der Waals surface area contributed by atoms with Gasteiger partial charge in [0.05, 0.1) is 0 Å². The molecule has 0 bridgehead atoms. The molecule has 204 valence electrons. The molecule has 0 saturated carbocycles. The van der Waals surface area contributed by atoms with Crippen LogP contribution in [0.15, 0.2) is 54.6 Å². The summed E-state index contributed by atoms with van der Waals surface area (Å²) in [4.78, 5) is 24.6. The average Bonchev–Trinajstić information content (AvgIpc) is 2.91. The van der Waals surface area contributed by atoms with Crippen molar-refractivity contribution in [1.82, 2.24) is 5.32 Å². The molecule has 0 unspecified atom stereocenters. The van der Waals surface area contributed by atoms with Crippen molar-refractivity contribution < 1.29 is 19.1 Å². The van der Waals surface area contributed by atoms with E-state index in [9.17, 15) is 9.59 Å². The van der Waals surface area contributed by atoms with E-state index in [0.29, 0.717) is 24.5 Å². The number of hydrogen-bond donors (Lipinski definition) is 1. The van der Waals surface area contributed by atoms with Crippen molar-refractivity contribution in [1.29, 1.82) is 0 Å². The van der Waals surface area contributed by atoms with E-state index in [4.69, 9.17) is 9.47 Å². The second-order valence-corrected chi connectivity index (χ2v) is 9.95. The van der Waals surface area contributed by atoms with Gasteiger partial charge < -0.3 is 14.8 Å². The molecule has 0 aliphatic heterocycles. The smallest absolute Gasteiger partial charge is 0.333 e. The Morgan fingerprint density at radius 2 is 1.22 bits per heavy atom. The Hall–Kier alpha value is -2.82. The van der Waals surface area contributed by atoms with Gasteiger partial charge in [-0.25, -0.2) is 4.79 Å². The SMILES string of the molecule is CCCCCCCCCCCCCCCC(=O)N[C@@H](C)C(=O)Oc1ccc(OCc2ccccc2)cc1. The summed E-state index contributed by atoms with van der Waals surface area (Å²) < 4.78 is 11.2. The largest absolute Gasteiger partial charge is 0.489 e. The summed E-state index contributed by atoms with van der Waals surface area (Å²) in [6.07, 6.45) is 17.0. The third kappa shape index (κ3) is 14.5. The van der Waals surface area contributed by atoms with E-state index >= 15 is 0 Å². The quantitative estimate of drug-likeness (QED) is 0.111. The lowest BCUT2D eigenvalue weighted by Crippen LogP contribution is -2.40. The highest BCUT2D eigenvalue weighted by atomic mass is 16.5. The van der Waals surface area contributed by atoms with E-state index in [0.717, 1.165) is 18.4 Å². The number of amides is 1. The maximum absolute atomic E-state index is 12.4. The molecule has 0 saturated heterocycles. The third-order valence-electron chi connectivity index (χ3n) is 6.53. The first-order valence-electron chi connectivity index (χ1n) is 14.4. The number of esters is 1. The minimum Gasteiger partial charge on any atom is -0.489 e. The Bertz CT molecular complexity index is 866. The van der Waals surface area contributed by atoms with Gasteiger partial charge in [-0.15, -0.1) is 0 Å². The van der Waals surface area contributed by atoms with Gasteiger partial charge in [0, 0.05) is 6.42 Å². The number of carbonyl (C=O) groups is 2. The lowest BCUT2D eigenvalue weighted by molar-refractivity contribution is -0.138. The van der Waals surface area contributed by atoms with Gasteiger partial charge in [0.25, 0.3) is 0 Å². The molecule has 5 nitrogen and oxygen atoms in total. The van der Waals surface area contributed by atoms with Crippen molar-refractivity contribution in [3.63, 3.8) is 0 Å². The molecule has 0 aromatic heterocycles. The lowest BCUT2D eigenvalue weighted by atomic mass is 10.0. The van der Waals surface area contributed by atoms with E-state index in [1.165, 1.54) is 70.6 Å². The summed E-state index contributed by atoms with van der Waals surface area (Å²) >= 11 is 0. The van der Waals surface area contributed by atoms with Crippen molar-refractivity contribution in [3.05, 3.63) is 60.2 Å². The van der Waals surface area contributed by atoms with Crippen LogP contribution < -0.4 is 14.8 Å². The van der Waals surface area contributed by atoms with Crippen LogP contribution in [0.2, 0.25) is 0 Å². The number of carbonyl (C=O) groups excluding carboxylic acids is 2. The minimum absolute atomic E-state index is 0.0998. The lowest BCUT2D eigenvalue weighted by Gasteiger charge is -2.13. The van der Waals surface area contributed by atoms with Crippen LogP contribution in [-0.2, 0) is 16.2 Å². The molecule has 0 spiro atoms. The summed E-state index contributed by atoms with van der Waals surface area (Å²) in [5.74, 6) is 0.548. The van der Waals surface area contributed by atoms with Crippen LogP contribution in [0.3, 0.4) is 0 Å². The molecule has 0 aliphatic carbocycles. The van der Waals surface area contributed by atoms with Gasteiger partial charge in [-0.1, -0.05) is 114 Å². The molecule has 0 heterocycles. The van der Waals surface area contributed by atoms with Crippen molar-refractivity contribution >= 4 is 11.9 Å². The van der Waals surface area contributed by atoms with Crippen LogP contribution >= 0.6 is 0 Å². The molecule has 0 aliphatic rings. The molecule has 2 aromatic rings. The monoisotopic (exact) mass is 509 g/mol. The normalized spacial score (nSPS) is 11.6. The topological polar surface area (TPSA) is 64.6 Å². The fourth-order valence-electron chi connectivity index (χ4n) is 4.23. The summed E-state index contributed by atoms with van der Waals surface area (Å²) in [5, 5.41) is 2.75. The molecule has 2 rings (SSSR count). The predicted octanol–water partition coefficient (Wildman–Crippen LogP) is 8.16. The molecular formula is C32H47NO4. The van der Waals surface area contributed by atoms with Gasteiger partial charge in [-0.3, -0.25) is 4.79 Å². The predicted molar refractivity (Wildman–Crippen MR) is 151 cm³/mol. The van der Waals surface area contributed by atoms with Crippen LogP contribution in [0, 0.1) is 0 Å². The Morgan fingerprint density at radius 3 is 1.78 bits per heavy atom. The molecular weight excluding hydrogens is 462 g/mol. The molecule has 2 aromatic carbocycles. The molecule has 1 N–H and O–H groups in total. The molecule has 1 atom stereocenters. The third-order valence-corrected chi connectivity index (χ3v) is 6.53. The number of unbranched alkanes of at least 4 members (excludes halogenated alkanes) is 12. The molecule has 0 radical (unpaired) electrons. The fraction of sp³-hybridized carbons (Fsp3) is 0.562. The highest BCUT2D eigenvalue weighted by Crippen LogP contribution is 2.19. The summed E-state index contributed by atoms with van der Waals surface area (Å²) in [6, 6.07) is 16.2. The zero-order chi connectivity index (χ0) is 26.6. The highest BCUT2D eigenvalue weighted by Gasteiger charge is 2.17. The van der Waals surface area contributed by atoms with Crippen molar-refractivity contribution in [2.45, 2.75) is 116 Å². The van der Waals surface area contributed by atoms with E-state index in [1.807, 2.05) is 30.3 Å². The van der Waals surface area contributed by atoms with E-state index in [1.54, 1.807) is 31.2 Å². The number of ether oxygens (including phenoxy) is 2. The highest BCUT2D eigenvalue weighted by molar-refractivity contribution is 5.85. The van der Waals surface area contributed by atoms with Gasteiger partial charge in [0.15, 0.2) is 0 Å². The van der Waals surface area contributed by atoms with Crippen LogP contribution in [-0.4, -0.2) is 17.9 Å². The van der Waals surface area contributed by atoms with Gasteiger partial charge >= 0.3 is 5.97 Å².